The van der Waals surface area contributed by atoms with E-state index in [1.807, 2.05) is 0 Å². The zero-order valence-electron chi connectivity index (χ0n) is 7.08. The highest BCUT2D eigenvalue weighted by Gasteiger charge is 2.15. The van der Waals surface area contributed by atoms with Gasteiger partial charge >= 0.3 is 0 Å². The second kappa shape index (κ2) is 6.53. The van der Waals surface area contributed by atoms with E-state index in [1.54, 1.807) is 18.4 Å². The summed E-state index contributed by atoms with van der Waals surface area (Å²) in [5.74, 6) is -0.702. The van der Waals surface area contributed by atoms with Crippen molar-refractivity contribution >= 4 is 12.1 Å². The highest BCUT2D eigenvalue weighted by molar-refractivity contribution is 5.93. The van der Waals surface area contributed by atoms with Crippen LogP contribution in [0.2, 0.25) is 0 Å². The van der Waals surface area contributed by atoms with Gasteiger partial charge in [-0.25, -0.2) is 0 Å². The Kier molecular flexibility index (Phi) is 5.88. The molecule has 0 heterocycles. The van der Waals surface area contributed by atoms with Gasteiger partial charge < -0.3 is 0 Å². The molecule has 0 saturated carbocycles. The van der Waals surface area contributed by atoms with E-state index in [-0.39, 0.29) is 5.78 Å². The van der Waals surface area contributed by atoms with Gasteiger partial charge in [0.1, 0.15) is 5.78 Å². The maximum atomic E-state index is 11.2. The van der Waals surface area contributed by atoms with Crippen LogP contribution in [0.25, 0.3) is 0 Å². The minimum Gasteiger partial charge on any atom is -0.299 e. The Morgan fingerprint density at radius 2 is 2.08 bits per heavy atom. The molecule has 0 spiro atoms. The van der Waals surface area contributed by atoms with Gasteiger partial charge in [-0.3, -0.25) is 9.59 Å². The van der Waals surface area contributed by atoms with Crippen LogP contribution in [0.5, 0.6) is 0 Å². The van der Waals surface area contributed by atoms with E-state index < -0.39 is 5.92 Å². The van der Waals surface area contributed by atoms with Crippen molar-refractivity contribution in [1.29, 1.82) is 0 Å². The quantitative estimate of drug-likeness (QED) is 0.426. The molecular weight excluding hydrogens is 152 g/mol. The number of hydrogen-bond acceptors (Lipinski definition) is 2. The van der Waals surface area contributed by atoms with Crippen LogP contribution in [0.15, 0.2) is 25.3 Å². The number of allylic oxidation sites excluding steroid dienone is 2. The normalized spacial score (nSPS) is 11.7. The standard InChI is InChI=1S/C10H13O2/c1-3-5-7-10(12)9(8-11)6-4-2/h3-4,9H,1-2,5-7H2. The number of rotatable bonds is 7. The fourth-order valence-electron chi connectivity index (χ4n) is 0.830. The average Bonchev–Trinajstić information content (AvgIpc) is 2.10. The third kappa shape index (κ3) is 3.86. The summed E-state index contributed by atoms with van der Waals surface area (Å²) in [5.41, 5.74) is 0. The monoisotopic (exact) mass is 165 g/mol. The van der Waals surface area contributed by atoms with E-state index in [0.29, 0.717) is 19.3 Å². The van der Waals surface area contributed by atoms with Gasteiger partial charge in [0.05, 0.1) is 5.92 Å². The van der Waals surface area contributed by atoms with Gasteiger partial charge in [0.25, 0.3) is 0 Å². The average molecular weight is 165 g/mol. The van der Waals surface area contributed by atoms with Crippen molar-refractivity contribution in [3.8, 4) is 0 Å². The lowest BCUT2D eigenvalue weighted by atomic mass is 9.98. The molecule has 12 heavy (non-hydrogen) atoms. The van der Waals surface area contributed by atoms with E-state index in [4.69, 9.17) is 0 Å². The number of hydrogen-bond donors (Lipinski definition) is 0. The molecule has 0 aromatic rings. The third-order valence-electron chi connectivity index (χ3n) is 1.53. The molecule has 1 unspecified atom stereocenters. The summed E-state index contributed by atoms with van der Waals surface area (Å²) >= 11 is 0. The summed E-state index contributed by atoms with van der Waals surface area (Å²) in [6, 6.07) is 0. The van der Waals surface area contributed by atoms with Crippen LogP contribution in [0, 0.1) is 5.92 Å². The van der Waals surface area contributed by atoms with Gasteiger partial charge in [0.15, 0.2) is 0 Å². The molecule has 0 aliphatic carbocycles. The zero-order chi connectivity index (χ0) is 9.40. The number of ketones is 1. The summed E-state index contributed by atoms with van der Waals surface area (Å²) in [6.45, 7) is 6.95. The van der Waals surface area contributed by atoms with Crippen molar-refractivity contribution in [3.05, 3.63) is 25.3 Å². The van der Waals surface area contributed by atoms with E-state index >= 15 is 0 Å². The second-order valence-corrected chi connectivity index (χ2v) is 2.49. The number of Topliss-reactive ketones (excluding diaryl/α,β-unsaturated/α-hetero) is 1. The van der Waals surface area contributed by atoms with Crippen LogP contribution in [0.1, 0.15) is 19.3 Å². The molecule has 0 fully saturated rings. The Labute approximate surface area is 73.0 Å². The maximum Gasteiger partial charge on any atom is 0.209 e. The van der Waals surface area contributed by atoms with Crippen LogP contribution in [-0.2, 0) is 9.59 Å². The first-order valence-corrected chi connectivity index (χ1v) is 3.88. The topological polar surface area (TPSA) is 34.1 Å². The highest BCUT2D eigenvalue weighted by atomic mass is 16.1. The van der Waals surface area contributed by atoms with Gasteiger partial charge in [-0.15, -0.1) is 13.2 Å². The molecule has 0 aromatic carbocycles. The minimum absolute atomic E-state index is 0.0789. The molecule has 0 amide bonds. The Bertz CT molecular complexity index is 182. The maximum absolute atomic E-state index is 11.2. The van der Waals surface area contributed by atoms with E-state index in [1.165, 1.54) is 0 Å². The largest absolute Gasteiger partial charge is 0.299 e. The van der Waals surface area contributed by atoms with Crippen molar-refractivity contribution in [3.63, 3.8) is 0 Å². The highest BCUT2D eigenvalue weighted by Crippen LogP contribution is 2.06. The summed E-state index contributed by atoms with van der Waals surface area (Å²) in [4.78, 5) is 21.4. The van der Waals surface area contributed by atoms with Crippen molar-refractivity contribution in [1.82, 2.24) is 0 Å². The van der Waals surface area contributed by atoms with E-state index in [9.17, 15) is 9.59 Å². The lowest BCUT2D eigenvalue weighted by Gasteiger charge is -2.02. The molecule has 0 aliphatic rings. The predicted molar refractivity (Wildman–Crippen MR) is 48.4 cm³/mol. The number of carbonyl (C=O) groups excluding carboxylic acids is 2. The molecule has 1 radical (unpaired) electrons. The minimum atomic E-state index is -0.623. The van der Waals surface area contributed by atoms with Crippen LogP contribution < -0.4 is 0 Å². The molecule has 2 nitrogen and oxygen atoms in total. The first-order chi connectivity index (χ1) is 5.76. The molecule has 0 aliphatic heterocycles. The fraction of sp³-hybridized carbons (Fsp3) is 0.400. The van der Waals surface area contributed by atoms with Gasteiger partial charge in [-0.2, -0.15) is 0 Å². The second-order valence-electron chi connectivity index (χ2n) is 2.49. The lowest BCUT2D eigenvalue weighted by molar-refractivity contribution is -0.120. The molecule has 65 valence electrons. The van der Waals surface area contributed by atoms with Gasteiger partial charge in [0.2, 0.25) is 6.29 Å². The molecular formula is C10H13O2. The van der Waals surface area contributed by atoms with E-state index in [0.717, 1.165) is 0 Å². The van der Waals surface area contributed by atoms with Crippen LogP contribution in [0.3, 0.4) is 0 Å². The van der Waals surface area contributed by atoms with Crippen molar-refractivity contribution in [2.45, 2.75) is 19.3 Å². The molecule has 0 saturated heterocycles. The summed E-state index contributed by atoms with van der Waals surface area (Å²) in [5, 5.41) is 0. The summed E-state index contributed by atoms with van der Waals surface area (Å²) < 4.78 is 0. The first-order valence-electron chi connectivity index (χ1n) is 3.88. The first kappa shape index (κ1) is 10.8. The van der Waals surface area contributed by atoms with Crippen LogP contribution >= 0.6 is 0 Å². The lowest BCUT2D eigenvalue weighted by Crippen LogP contribution is -2.14. The Morgan fingerprint density at radius 1 is 1.42 bits per heavy atom. The molecule has 2 heteroatoms. The van der Waals surface area contributed by atoms with Crippen molar-refractivity contribution in [2.75, 3.05) is 0 Å². The van der Waals surface area contributed by atoms with Crippen LogP contribution in [0.4, 0.5) is 0 Å². The number of carbonyl (C=O) groups is 1. The van der Waals surface area contributed by atoms with Crippen molar-refractivity contribution in [2.24, 2.45) is 5.92 Å². The summed E-state index contributed by atoms with van der Waals surface area (Å²) in [6.07, 6.45) is 6.30. The molecule has 0 rings (SSSR count). The van der Waals surface area contributed by atoms with E-state index in [2.05, 4.69) is 13.2 Å². The van der Waals surface area contributed by atoms with Gasteiger partial charge in [0, 0.05) is 6.42 Å². The molecule has 1 atom stereocenters. The zero-order valence-corrected chi connectivity index (χ0v) is 7.08. The Balaban J connectivity index is 3.92. The summed E-state index contributed by atoms with van der Waals surface area (Å²) in [7, 11) is 0. The molecule has 0 aromatic heterocycles. The fourth-order valence-corrected chi connectivity index (χ4v) is 0.830. The predicted octanol–water partition coefficient (Wildman–Crippen LogP) is 1.82. The van der Waals surface area contributed by atoms with Crippen LogP contribution in [-0.4, -0.2) is 12.1 Å². The van der Waals surface area contributed by atoms with Gasteiger partial charge in [-0.05, 0) is 12.8 Å². The third-order valence-corrected chi connectivity index (χ3v) is 1.53. The van der Waals surface area contributed by atoms with Crippen molar-refractivity contribution < 1.29 is 9.59 Å². The molecule has 0 N–H and O–H groups in total. The Morgan fingerprint density at radius 3 is 2.50 bits per heavy atom. The Hall–Kier alpha value is -1.18. The molecule has 0 bridgehead atoms. The van der Waals surface area contributed by atoms with Gasteiger partial charge in [-0.1, -0.05) is 12.2 Å². The smallest absolute Gasteiger partial charge is 0.209 e. The SMILES string of the molecule is C=CCCC(=O)C([C]=O)CC=C.